The highest BCUT2D eigenvalue weighted by atomic mass is 16.2. The summed E-state index contributed by atoms with van der Waals surface area (Å²) < 4.78 is 1.65. The Hall–Kier alpha value is -3.22. The topological polar surface area (TPSA) is 94.1 Å². The first-order valence-electron chi connectivity index (χ1n) is 7.82. The molecule has 7 heteroatoms. The van der Waals surface area contributed by atoms with Gasteiger partial charge in [0.05, 0.1) is 28.9 Å². The van der Waals surface area contributed by atoms with Crippen molar-refractivity contribution < 1.29 is 9.59 Å². The molecule has 0 aliphatic rings. The van der Waals surface area contributed by atoms with Crippen LogP contribution in [0.5, 0.6) is 0 Å². The first kappa shape index (κ1) is 16.6. The molecule has 25 heavy (non-hydrogen) atoms. The second kappa shape index (κ2) is 6.35. The van der Waals surface area contributed by atoms with Crippen molar-refractivity contribution in [3.05, 3.63) is 47.7 Å². The van der Waals surface area contributed by atoms with E-state index in [1.807, 2.05) is 37.3 Å². The number of nitrogens with two attached hydrogens (primary N) is 1. The van der Waals surface area contributed by atoms with Gasteiger partial charge >= 0.3 is 0 Å². The van der Waals surface area contributed by atoms with Crippen molar-refractivity contribution in [1.29, 1.82) is 0 Å². The molecule has 1 aromatic carbocycles. The van der Waals surface area contributed by atoms with Crippen molar-refractivity contribution in [2.45, 2.75) is 6.92 Å². The number of benzene rings is 1. The molecule has 0 unspecified atom stereocenters. The molecule has 7 nitrogen and oxygen atoms in total. The van der Waals surface area contributed by atoms with E-state index in [1.165, 1.54) is 4.90 Å². The van der Waals surface area contributed by atoms with Crippen LogP contribution >= 0.6 is 0 Å². The SMILES string of the molecule is Cc1nn(C)c2nc(-c3ccccc3)cc(C(=O)N(C)CC(N)=O)c12. The van der Waals surface area contributed by atoms with Crippen LogP contribution in [0.1, 0.15) is 16.1 Å². The Morgan fingerprint density at radius 2 is 1.92 bits per heavy atom. The van der Waals surface area contributed by atoms with E-state index in [-0.39, 0.29) is 12.5 Å². The van der Waals surface area contributed by atoms with Gasteiger partial charge in [0.25, 0.3) is 5.91 Å². The second-order valence-corrected chi connectivity index (χ2v) is 5.96. The van der Waals surface area contributed by atoms with Gasteiger partial charge < -0.3 is 10.6 Å². The lowest BCUT2D eigenvalue weighted by Crippen LogP contribution is -2.35. The Morgan fingerprint density at radius 3 is 2.56 bits per heavy atom. The summed E-state index contributed by atoms with van der Waals surface area (Å²) in [6.45, 7) is 1.68. The number of aromatic nitrogens is 3. The van der Waals surface area contributed by atoms with Crippen LogP contribution in [0.4, 0.5) is 0 Å². The Bertz CT molecular complexity index is 963. The zero-order valence-electron chi connectivity index (χ0n) is 14.4. The number of nitrogens with zero attached hydrogens (tertiary/aromatic N) is 4. The molecular weight excluding hydrogens is 318 g/mol. The summed E-state index contributed by atoms with van der Waals surface area (Å²) in [6.07, 6.45) is 0. The average molecular weight is 337 g/mol. The second-order valence-electron chi connectivity index (χ2n) is 5.96. The molecule has 0 fully saturated rings. The standard InChI is InChI=1S/C18H19N5O2/c1-11-16-13(18(25)22(2)10-15(19)24)9-14(12-7-5-4-6-8-12)20-17(16)23(3)21-11/h4-9H,10H2,1-3H3,(H2,19,24). The summed E-state index contributed by atoms with van der Waals surface area (Å²) >= 11 is 0. The summed E-state index contributed by atoms with van der Waals surface area (Å²) in [7, 11) is 3.34. The van der Waals surface area contributed by atoms with Crippen molar-refractivity contribution in [3.8, 4) is 11.3 Å². The number of likely N-dealkylation sites (N-methyl/N-ethyl adjacent to an activating group) is 1. The molecule has 128 valence electrons. The van der Waals surface area contributed by atoms with Gasteiger partial charge in [0, 0.05) is 19.7 Å². The van der Waals surface area contributed by atoms with Crippen LogP contribution in [-0.2, 0) is 11.8 Å². The predicted molar refractivity (Wildman–Crippen MR) is 94.8 cm³/mol. The van der Waals surface area contributed by atoms with Crippen molar-refractivity contribution in [2.75, 3.05) is 13.6 Å². The Kier molecular flexibility index (Phi) is 4.22. The number of carbonyl (C=O) groups excluding carboxylic acids is 2. The van der Waals surface area contributed by atoms with Gasteiger partial charge in [-0.25, -0.2) is 4.98 Å². The maximum Gasteiger partial charge on any atom is 0.254 e. The lowest BCUT2D eigenvalue weighted by molar-refractivity contribution is -0.118. The molecule has 0 radical (unpaired) electrons. The Balaban J connectivity index is 2.22. The average Bonchev–Trinajstić information content (AvgIpc) is 2.88. The smallest absolute Gasteiger partial charge is 0.254 e. The van der Waals surface area contributed by atoms with Crippen molar-refractivity contribution in [1.82, 2.24) is 19.7 Å². The van der Waals surface area contributed by atoms with E-state index < -0.39 is 5.91 Å². The number of aryl methyl sites for hydroxylation is 2. The molecule has 0 bridgehead atoms. The number of rotatable bonds is 4. The number of primary amides is 1. The fourth-order valence-corrected chi connectivity index (χ4v) is 2.88. The summed E-state index contributed by atoms with van der Waals surface area (Å²) in [5.74, 6) is -0.855. The van der Waals surface area contributed by atoms with E-state index in [1.54, 1.807) is 24.8 Å². The summed E-state index contributed by atoms with van der Waals surface area (Å²) in [5, 5.41) is 5.06. The van der Waals surface area contributed by atoms with Crippen LogP contribution in [0.2, 0.25) is 0 Å². The molecule has 0 saturated heterocycles. The highest BCUT2D eigenvalue weighted by molar-refractivity contribution is 6.08. The van der Waals surface area contributed by atoms with Gasteiger partial charge in [0.15, 0.2) is 5.65 Å². The van der Waals surface area contributed by atoms with E-state index in [2.05, 4.69) is 10.1 Å². The summed E-state index contributed by atoms with van der Waals surface area (Å²) in [6, 6.07) is 11.3. The highest BCUT2D eigenvalue weighted by Gasteiger charge is 2.22. The third-order valence-electron chi connectivity index (χ3n) is 4.01. The molecule has 0 spiro atoms. The summed E-state index contributed by atoms with van der Waals surface area (Å²) in [5.41, 5.74) is 8.57. The number of hydrogen-bond donors (Lipinski definition) is 1. The molecule has 2 aromatic heterocycles. The van der Waals surface area contributed by atoms with Gasteiger partial charge in [0.1, 0.15) is 0 Å². The molecule has 2 heterocycles. The molecular formula is C18H19N5O2. The van der Waals surface area contributed by atoms with Crippen LogP contribution in [0.3, 0.4) is 0 Å². The van der Waals surface area contributed by atoms with Gasteiger partial charge in [-0.15, -0.1) is 0 Å². The van der Waals surface area contributed by atoms with E-state index in [0.29, 0.717) is 28.0 Å². The normalized spacial score (nSPS) is 10.8. The molecule has 0 aliphatic heterocycles. The van der Waals surface area contributed by atoms with Gasteiger partial charge in [-0.3, -0.25) is 14.3 Å². The monoisotopic (exact) mass is 337 g/mol. The number of pyridine rings is 1. The number of amides is 2. The molecule has 2 amide bonds. The van der Waals surface area contributed by atoms with E-state index >= 15 is 0 Å². The van der Waals surface area contributed by atoms with E-state index in [9.17, 15) is 9.59 Å². The Labute approximate surface area is 145 Å². The molecule has 2 N–H and O–H groups in total. The number of carbonyl (C=O) groups is 2. The van der Waals surface area contributed by atoms with Gasteiger partial charge in [-0.2, -0.15) is 5.10 Å². The van der Waals surface area contributed by atoms with Gasteiger partial charge in [-0.1, -0.05) is 30.3 Å². The minimum absolute atomic E-state index is 0.150. The predicted octanol–water partition coefficient (Wildman–Crippen LogP) is 1.50. The molecule has 0 atom stereocenters. The first-order chi connectivity index (χ1) is 11.9. The zero-order valence-corrected chi connectivity index (χ0v) is 14.4. The third kappa shape index (κ3) is 3.08. The maximum atomic E-state index is 12.9. The van der Waals surface area contributed by atoms with Crippen LogP contribution in [0, 0.1) is 6.92 Å². The van der Waals surface area contributed by atoms with Crippen LogP contribution < -0.4 is 5.73 Å². The Morgan fingerprint density at radius 1 is 1.24 bits per heavy atom. The molecule has 3 aromatic rings. The van der Waals surface area contributed by atoms with E-state index in [4.69, 9.17) is 5.73 Å². The number of fused-ring (bicyclic) bond motifs is 1. The van der Waals surface area contributed by atoms with Crippen molar-refractivity contribution in [3.63, 3.8) is 0 Å². The molecule has 3 rings (SSSR count). The van der Waals surface area contributed by atoms with Crippen LogP contribution in [-0.4, -0.2) is 45.1 Å². The van der Waals surface area contributed by atoms with Crippen molar-refractivity contribution in [2.24, 2.45) is 12.8 Å². The van der Waals surface area contributed by atoms with E-state index in [0.717, 1.165) is 5.56 Å². The lowest BCUT2D eigenvalue weighted by atomic mass is 10.0. The minimum Gasteiger partial charge on any atom is -0.368 e. The fraction of sp³-hybridized carbons (Fsp3) is 0.222. The zero-order chi connectivity index (χ0) is 18.1. The highest BCUT2D eigenvalue weighted by Crippen LogP contribution is 2.27. The van der Waals surface area contributed by atoms with Gasteiger partial charge in [-0.05, 0) is 13.0 Å². The largest absolute Gasteiger partial charge is 0.368 e. The van der Waals surface area contributed by atoms with Crippen molar-refractivity contribution >= 4 is 22.8 Å². The van der Waals surface area contributed by atoms with Crippen LogP contribution in [0.15, 0.2) is 36.4 Å². The lowest BCUT2D eigenvalue weighted by Gasteiger charge is -2.16. The third-order valence-corrected chi connectivity index (χ3v) is 4.01. The molecule has 0 aliphatic carbocycles. The van der Waals surface area contributed by atoms with Crippen LogP contribution in [0.25, 0.3) is 22.3 Å². The van der Waals surface area contributed by atoms with Gasteiger partial charge in [0.2, 0.25) is 5.91 Å². The fourth-order valence-electron chi connectivity index (χ4n) is 2.88. The first-order valence-corrected chi connectivity index (χ1v) is 7.82. The number of hydrogen-bond acceptors (Lipinski definition) is 4. The maximum absolute atomic E-state index is 12.9. The minimum atomic E-state index is -0.563. The summed E-state index contributed by atoms with van der Waals surface area (Å²) in [4.78, 5) is 30.0. The quantitative estimate of drug-likeness (QED) is 0.780. The molecule has 0 saturated carbocycles.